The number of nitrogens with zero attached hydrogens (tertiary/aromatic N) is 1. The van der Waals surface area contributed by atoms with Gasteiger partial charge in [0, 0.05) is 17.3 Å². The Morgan fingerprint density at radius 3 is 2.54 bits per heavy atom. The van der Waals surface area contributed by atoms with E-state index < -0.39 is 5.91 Å². The maximum atomic E-state index is 12.5. The number of hydrogen-bond donors (Lipinski definition) is 1. The lowest BCUT2D eigenvalue weighted by Crippen LogP contribution is -2.24. The Bertz CT molecular complexity index is 957. The molecular weight excluding hydrogens is 300 g/mol. The molecule has 24 heavy (non-hydrogen) atoms. The number of hydrogen-bond acceptors (Lipinski definition) is 2. The number of benzene rings is 2. The first-order valence-corrected chi connectivity index (χ1v) is 8.16. The van der Waals surface area contributed by atoms with Gasteiger partial charge in [-0.15, -0.1) is 0 Å². The number of aryl methyl sites for hydroxylation is 1. The molecule has 0 aliphatic rings. The van der Waals surface area contributed by atoms with Crippen molar-refractivity contribution in [2.45, 2.75) is 26.2 Å². The molecule has 0 atom stereocenters. The minimum atomic E-state index is -0.703. The van der Waals surface area contributed by atoms with E-state index >= 15 is 0 Å². The Kier molecular flexibility index (Phi) is 4.47. The smallest absolute Gasteiger partial charge is 0.254 e. The van der Waals surface area contributed by atoms with Gasteiger partial charge in [0.15, 0.2) is 0 Å². The molecular formula is C20H20N2O2. The highest BCUT2D eigenvalue weighted by Crippen LogP contribution is 2.22. The van der Waals surface area contributed by atoms with Crippen LogP contribution in [0.2, 0.25) is 0 Å². The van der Waals surface area contributed by atoms with Crippen LogP contribution in [0.4, 0.5) is 0 Å². The quantitative estimate of drug-likeness (QED) is 0.782. The highest BCUT2D eigenvalue weighted by Gasteiger charge is 2.15. The maximum Gasteiger partial charge on any atom is 0.254 e. The molecule has 0 saturated heterocycles. The molecule has 1 aromatic heterocycles. The number of para-hydroxylation sites is 2. The van der Waals surface area contributed by atoms with Crippen LogP contribution >= 0.6 is 0 Å². The minimum absolute atomic E-state index is 0.0130. The summed E-state index contributed by atoms with van der Waals surface area (Å²) < 4.78 is 1.90. The number of primary amides is 1. The predicted octanol–water partition coefficient (Wildman–Crippen LogP) is 3.43. The second-order valence-corrected chi connectivity index (χ2v) is 5.86. The molecule has 1 amide bonds. The van der Waals surface area contributed by atoms with Crippen LogP contribution < -0.4 is 11.2 Å². The summed E-state index contributed by atoms with van der Waals surface area (Å²) in [7, 11) is 0. The van der Waals surface area contributed by atoms with E-state index in [9.17, 15) is 9.59 Å². The molecule has 3 rings (SSSR count). The third kappa shape index (κ3) is 2.83. The molecule has 1 heterocycles. The molecule has 0 aliphatic heterocycles. The number of carbonyl (C=O) groups is 1. The first-order chi connectivity index (χ1) is 11.6. The summed E-state index contributed by atoms with van der Waals surface area (Å²) in [4.78, 5) is 24.2. The van der Waals surface area contributed by atoms with E-state index in [1.807, 2.05) is 34.9 Å². The van der Waals surface area contributed by atoms with Gasteiger partial charge < -0.3 is 10.3 Å². The zero-order chi connectivity index (χ0) is 17.1. The Hall–Kier alpha value is -2.88. The summed E-state index contributed by atoms with van der Waals surface area (Å²) in [6, 6.07) is 15.4. The van der Waals surface area contributed by atoms with Crippen LogP contribution in [0.5, 0.6) is 0 Å². The summed E-state index contributed by atoms with van der Waals surface area (Å²) in [5, 5.41) is 0.499. The predicted molar refractivity (Wildman–Crippen MR) is 96.7 cm³/mol. The molecule has 0 radical (unpaired) electrons. The fourth-order valence-electron chi connectivity index (χ4n) is 2.98. The third-order valence-electron chi connectivity index (χ3n) is 4.23. The number of rotatable bonds is 5. The van der Waals surface area contributed by atoms with Gasteiger partial charge in [0.1, 0.15) is 5.56 Å². The largest absolute Gasteiger partial charge is 0.365 e. The average molecular weight is 320 g/mol. The molecule has 0 unspecified atom stereocenters. The van der Waals surface area contributed by atoms with Crippen LogP contribution in [-0.4, -0.2) is 10.5 Å². The molecule has 0 bridgehead atoms. The first-order valence-electron chi connectivity index (χ1n) is 8.16. The minimum Gasteiger partial charge on any atom is -0.365 e. The number of unbranched alkanes of at least 4 members (excludes halogenated alkanes) is 1. The van der Waals surface area contributed by atoms with Gasteiger partial charge in [0.05, 0.1) is 5.52 Å². The lowest BCUT2D eigenvalue weighted by molar-refractivity contribution is 0.0999. The van der Waals surface area contributed by atoms with Crippen LogP contribution in [0.1, 0.15) is 35.7 Å². The SMILES string of the molecule is CCCCc1ccccc1-n1cc(C(N)=O)c(=O)c2ccccc21. The van der Waals surface area contributed by atoms with Crippen LogP contribution in [0, 0.1) is 0 Å². The van der Waals surface area contributed by atoms with Crippen LogP contribution in [0.15, 0.2) is 59.5 Å². The molecule has 122 valence electrons. The molecule has 0 saturated carbocycles. The Balaban J connectivity index is 2.33. The molecule has 4 heteroatoms. The molecule has 0 spiro atoms. The van der Waals surface area contributed by atoms with Crippen LogP contribution in [0.3, 0.4) is 0 Å². The van der Waals surface area contributed by atoms with E-state index in [1.165, 1.54) is 5.56 Å². The second kappa shape index (κ2) is 6.71. The van der Waals surface area contributed by atoms with Gasteiger partial charge in [-0.2, -0.15) is 0 Å². The van der Waals surface area contributed by atoms with Gasteiger partial charge >= 0.3 is 0 Å². The monoisotopic (exact) mass is 320 g/mol. The number of amides is 1. The van der Waals surface area contributed by atoms with E-state index in [0.29, 0.717) is 5.39 Å². The zero-order valence-electron chi connectivity index (χ0n) is 13.7. The van der Waals surface area contributed by atoms with E-state index in [4.69, 9.17) is 5.73 Å². The van der Waals surface area contributed by atoms with Crippen molar-refractivity contribution in [1.29, 1.82) is 0 Å². The van der Waals surface area contributed by atoms with Crippen molar-refractivity contribution < 1.29 is 4.79 Å². The second-order valence-electron chi connectivity index (χ2n) is 5.86. The Morgan fingerprint density at radius 1 is 1.08 bits per heavy atom. The van der Waals surface area contributed by atoms with E-state index in [0.717, 1.165) is 30.5 Å². The zero-order valence-corrected chi connectivity index (χ0v) is 13.7. The summed E-state index contributed by atoms with van der Waals surface area (Å²) in [6.45, 7) is 2.16. The Morgan fingerprint density at radius 2 is 1.79 bits per heavy atom. The van der Waals surface area contributed by atoms with E-state index in [-0.39, 0.29) is 11.0 Å². The van der Waals surface area contributed by atoms with Crippen molar-refractivity contribution >= 4 is 16.8 Å². The molecule has 0 aliphatic carbocycles. The molecule has 0 fully saturated rings. The fraction of sp³-hybridized carbons (Fsp3) is 0.200. The molecule has 2 N–H and O–H groups in total. The van der Waals surface area contributed by atoms with Crippen LogP contribution in [-0.2, 0) is 6.42 Å². The van der Waals surface area contributed by atoms with Crippen LogP contribution in [0.25, 0.3) is 16.6 Å². The van der Waals surface area contributed by atoms with Gasteiger partial charge in [-0.3, -0.25) is 9.59 Å². The maximum absolute atomic E-state index is 12.5. The Labute approximate surface area is 140 Å². The summed E-state index contributed by atoms with van der Waals surface area (Å²) in [5.41, 5.74) is 8.05. The molecule has 2 aromatic carbocycles. The van der Waals surface area contributed by atoms with Gasteiger partial charge in [0.2, 0.25) is 5.43 Å². The van der Waals surface area contributed by atoms with Crippen molar-refractivity contribution in [3.05, 3.63) is 76.1 Å². The van der Waals surface area contributed by atoms with Crippen molar-refractivity contribution in [3.63, 3.8) is 0 Å². The van der Waals surface area contributed by atoms with Crippen molar-refractivity contribution in [1.82, 2.24) is 4.57 Å². The number of nitrogens with two attached hydrogens (primary N) is 1. The normalized spacial score (nSPS) is 10.9. The molecule has 4 nitrogen and oxygen atoms in total. The number of fused-ring (bicyclic) bond motifs is 1. The van der Waals surface area contributed by atoms with Gasteiger partial charge in [-0.25, -0.2) is 0 Å². The number of pyridine rings is 1. The lowest BCUT2D eigenvalue weighted by atomic mass is 10.0. The standard InChI is InChI=1S/C20H20N2O2/c1-2-3-8-14-9-4-6-11-17(14)22-13-16(20(21)24)19(23)15-10-5-7-12-18(15)22/h4-7,9-13H,2-3,8H2,1H3,(H2,21,24). The third-order valence-corrected chi connectivity index (χ3v) is 4.23. The van der Waals surface area contributed by atoms with E-state index in [1.54, 1.807) is 18.3 Å². The topological polar surface area (TPSA) is 65.1 Å². The molecule has 3 aromatic rings. The number of carbonyl (C=O) groups excluding carboxylic acids is 1. The van der Waals surface area contributed by atoms with Gasteiger partial charge in [-0.05, 0) is 36.6 Å². The first kappa shape index (κ1) is 16.0. The van der Waals surface area contributed by atoms with Crippen molar-refractivity contribution in [2.75, 3.05) is 0 Å². The van der Waals surface area contributed by atoms with Gasteiger partial charge in [-0.1, -0.05) is 43.7 Å². The summed E-state index contributed by atoms with van der Waals surface area (Å²) in [6.07, 6.45) is 4.69. The lowest BCUT2D eigenvalue weighted by Gasteiger charge is -2.16. The average Bonchev–Trinajstić information content (AvgIpc) is 2.60. The van der Waals surface area contributed by atoms with Crippen molar-refractivity contribution in [3.8, 4) is 5.69 Å². The highest BCUT2D eigenvalue weighted by molar-refractivity contribution is 5.96. The highest BCUT2D eigenvalue weighted by atomic mass is 16.2. The number of aromatic nitrogens is 1. The summed E-state index contributed by atoms with van der Waals surface area (Å²) >= 11 is 0. The van der Waals surface area contributed by atoms with Gasteiger partial charge in [0.25, 0.3) is 5.91 Å². The summed E-state index contributed by atoms with van der Waals surface area (Å²) in [5.74, 6) is -0.703. The fourth-order valence-corrected chi connectivity index (χ4v) is 2.98. The van der Waals surface area contributed by atoms with E-state index in [2.05, 4.69) is 13.0 Å². The van der Waals surface area contributed by atoms with Crippen molar-refractivity contribution in [2.24, 2.45) is 5.73 Å².